The van der Waals surface area contributed by atoms with Gasteiger partial charge in [0.15, 0.2) is 0 Å². The van der Waals surface area contributed by atoms with Crippen LogP contribution >= 0.6 is 0 Å². The van der Waals surface area contributed by atoms with E-state index in [0.717, 1.165) is 35.3 Å². The van der Waals surface area contributed by atoms with Crippen molar-refractivity contribution in [2.24, 2.45) is 0 Å². The number of rotatable bonds is 5. The number of nitrogens with zero attached hydrogens (tertiary/aromatic N) is 6. The fraction of sp³-hybridized carbons (Fsp3) is 0.467. The van der Waals surface area contributed by atoms with Crippen LogP contribution in [-0.2, 0) is 22.6 Å². The number of piperazine rings is 1. The van der Waals surface area contributed by atoms with Gasteiger partial charge < -0.3 is 9.64 Å². The number of fused-ring (bicyclic) bond motifs is 1. The van der Waals surface area contributed by atoms with Crippen LogP contribution in [0, 0.1) is 13.8 Å². The molecule has 0 radical (unpaired) electrons. The van der Waals surface area contributed by atoms with Crippen LogP contribution < -0.4 is 4.90 Å². The quantitative estimate of drug-likeness (QED) is 0.472. The minimum absolute atomic E-state index is 0.165. The van der Waals surface area contributed by atoms with E-state index in [1.54, 1.807) is 20.5 Å². The molecule has 10 nitrogen and oxygen atoms in total. The van der Waals surface area contributed by atoms with Crippen LogP contribution in [0.5, 0.6) is 0 Å². The molecule has 2 aromatic heterocycles. The molecule has 3 aromatic rings. The van der Waals surface area contributed by atoms with Gasteiger partial charge in [-0.3, -0.25) is 19.5 Å². The van der Waals surface area contributed by atoms with Gasteiger partial charge in [-0.15, -0.1) is 0 Å². The number of aryl methyl sites for hydroxylation is 2. The summed E-state index contributed by atoms with van der Waals surface area (Å²) >= 11 is 0. The van der Waals surface area contributed by atoms with Crippen molar-refractivity contribution >= 4 is 29.2 Å². The van der Waals surface area contributed by atoms with Crippen molar-refractivity contribution in [3.05, 3.63) is 65.0 Å². The summed E-state index contributed by atoms with van der Waals surface area (Å²) in [5.74, 6) is -0.165. The number of aromatic nitrogens is 2. The topological polar surface area (TPSA) is 90.7 Å². The third kappa shape index (κ3) is 5.96. The third-order valence-electron chi connectivity index (χ3n) is 7.51. The number of urea groups is 1. The second kappa shape index (κ2) is 10.9. The smallest absolute Gasteiger partial charge is 0.410 e. The predicted octanol–water partition coefficient (Wildman–Crippen LogP) is 4.36. The van der Waals surface area contributed by atoms with Crippen molar-refractivity contribution in [3.8, 4) is 0 Å². The summed E-state index contributed by atoms with van der Waals surface area (Å²) in [5, 5.41) is 4.47. The number of anilines is 1. The standard InChI is InChI=1S/C30H38N6O4/c1-21-6-7-23(16-22(21)2)20-35-27(37)9-10-34(28(35)38)26-18-31-36-11-8-24(17-25(26)36)19-32-12-14-33(15-13-32)29(39)40-30(3,4)5/h6-8,11,16-18H,9-10,12-15,19-20H2,1-5H3. The molecule has 0 atom stereocenters. The van der Waals surface area contributed by atoms with Gasteiger partial charge in [-0.1, -0.05) is 18.2 Å². The number of ether oxygens (including phenoxy) is 1. The number of amides is 4. The maximum atomic E-state index is 13.6. The van der Waals surface area contributed by atoms with E-state index >= 15 is 0 Å². The second-order valence-corrected chi connectivity index (χ2v) is 11.7. The van der Waals surface area contributed by atoms with Crippen LogP contribution in [0.1, 0.15) is 49.4 Å². The summed E-state index contributed by atoms with van der Waals surface area (Å²) in [4.78, 5) is 45.8. The number of benzene rings is 1. The Morgan fingerprint density at radius 2 is 1.65 bits per heavy atom. The predicted molar refractivity (Wildman–Crippen MR) is 152 cm³/mol. The van der Waals surface area contributed by atoms with Gasteiger partial charge in [0.1, 0.15) is 5.60 Å². The molecule has 4 amide bonds. The molecule has 2 aliphatic rings. The Hall–Kier alpha value is -3.92. The van der Waals surface area contributed by atoms with Crippen molar-refractivity contribution in [3.63, 3.8) is 0 Å². The lowest BCUT2D eigenvalue weighted by Gasteiger charge is -2.35. The van der Waals surface area contributed by atoms with Gasteiger partial charge in [0.2, 0.25) is 5.91 Å². The van der Waals surface area contributed by atoms with Crippen molar-refractivity contribution in [1.82, 2.24) is 24.3 Å². The molecule has 1 aromatic carbocycles. The van der Waals surface area contributed by atoms with Gasteiger partial charge in [0.25, 0.3) is 0 Å². The van der Waals surface area contributed by atoms with Crippen molar-refractivity contribution < 1.29 is 19.1 Å². The van der Waals surface area contributed by atoms with E-state index in [-0.39, 0.29) is 31.0 Å². The normalized spacial score (nSPS) is 17.2. The van der Waals surface area contributed by atoms with Crippen molar-refractivity contribution in [1.29, 1.82) is 0 Å². The van der Waals surface area contributed by atoms with Crippen LogP contribution in [0.3, 0.4) is 0 Å². The summed E-state index contributed by atoms with van der Waals surface area (Å²) in [6.07, 6.45) is 3.59. The molecule has 5 rings (SSSR count). The molecular formula is C30H38N6O4. The molecule has 10 heteroatoms. The molecule has 0 spiro atoms. The highest BCUT2D eigenvalue weighted by molar-refractivity contribution is 6.07. The van der Waals surface area contributed by atoms with Crippen LogP contribution in [0.15, 0.2) is 42.7 Å². The molecule has 2 saturated heterocycles. The molecule has 2 fully saturated rings. The summed E-state index contributed by atoms with van der Waals surface area (Å²) in [6.45, 7) is 13.7. The van der Waals surface area contributed by atoms with E-state index in [4.69, 9.17) is 4.74 Å². The third-order valence-corrected chi connectivity index (χ3v) is 7.51. The number of carbonyl (C=O) groups is 3. The molecule has 0 bridgehead atoms. The molecular weight excluding hydrogens is 508 g/mol. The molecule has 0 saturated carbocycles. The Labute approximate surface area is 235 Å². The van der Waals surface area contributed by atoms with Gasteiger partial charge in [-0.2, -0.15) is 5.10 Å². The van der Waals surface area contributed by atoms with E-state index in [1.165, 1.54) is 10.5 Å². The molecule has 0 aliphatic carbocycles. The Balaban J connectivity index is 1.28. The van der Waals surface area contributed by atoms with Crippen LogP contribution in [0.2, 0.25) is 0 Å². The average molecular weight is 547 g/mol. The maximum absolute atomic E-state index is 13.6. The number of hydrogen-bond donors (Lipinski definition) is 0. The fourth-order valence-corrected chi connectivity index (χ4v) is 5.15. The number of carbonyl (C=O) groups excluding carboxylic acids is 3. The monoisotopic (exact) mass is 546 g/mol. The minimum atomic E-state index is -0.508. The van der Waals surface area contributed by atoms with E-state index in [0.29, 0.717) is 31.9 Å². The lowest BCUT2D eigenvalue weighted by atomic mass is 10.1. The first-order valence-electron chi connectivity index (χ1n) is 13.8. The molecule has 0 unspecified atom stereocenters. The first-order chi connectivity index (χ1) is 19.0. The Bertz CT molecular complexity index is 1430. The Morgan fingerprint density at radius 3 is 2.35 bits per heavy atom. The fourth-order valence-electron chi connectivity index (χ4n) is 5.15. The minimum Gasteiger partial charge on any atom is -0.444 e. The molecule has 212 valence electrons. The number of hydrogen-bond acceptors (Lipinski definition) is 6. The van der Waals surface area contributed by atoms with Crippen LogP contribution in [0.25, 0.3) is 5.52 Å². The Kier molecular flexibility index (Phi) is 7.55. The highest BCUT2D eigenvalue weighted by Gasteiger charge is 2.34. The van der Waals surface area contributed by atoms with E-state index in [9.17, 15) is 14.4 Å². The zero-order valence-corrected chi connectivity index (χ0v) is 24.0. The maximum Gasteiger partial charge on any atom is 0.410 e. The second-order valence-electron chi connectivity index (χ2n) is 11.7. The zero-order chi connectivity index (χ0) is 28.6. The van der Waals surface area contributed by atoms with Gasteiger partial charge in [0, 0.05) is 51.9 Å². The van der Waals surface area contributed by atoms with E-state index in [2.05, 4.69) is 16.1 Å². The van der Waals surface area contributed by atoms with Crippen molar-refractivity contribution in [2.75, 3.05) is 37.6 Å². The van der Waals surface area contributed by atoms with Gasteiger partial charge >= 0.3 is 12.1 Å². The van der Waals surface area contributed by atoms with Gasteiger partial charge in [-0.25, -0.2) is 14.1 Å². The van der Waals surface area contributed by atoms with Crippen LogP contribution in [0.4, 0.5) is 15.3 Å². The lowest BCUT2D eigenvalue weighted by molar-refractivity contribution is -0.129. The first-order valence-corrected chi connectivity index (χ1v) is 13.8. The number of pyridine rings is 1. The lowest BCUT2D eigenvalue weighted by Crippen LogP contribution is -2.52. The highest BCUT2D eigenvalue weighted by Crippen LogP contribution is 2.28. The largest absolute Gasteiger partial charge is 0.444 e. The summed E-state index contributed by atoms with van der Waals surface area (Å²) in [6, 6.07) is 9.77. The average Bonchev–Trinajstić information content (AvgIpc) is 3.31. The number of imide groups is 1. The van der Waals surface area contributed by atoms with E-state index < -0.39 is 5.60 Å². The Morgan fingerprint density at radius 1 is 0.925 bits per heavy atom. The summed E-state index contributed by atoms with van der Waals surface area (Å²) in [5.41, 5.74) is 5.33. The highest BCUT2D eigenvalue weighted by atomic mass is 16.6. The molecule has 0 N–H and O–H groups in total. The van der Waals surface area contributed by atoms with E-state index in [1.807, 2.05) is 65.1 Å². The van der Waals surface area contributed by atoms with Gasteiger partial charge in [-0.05, 0) is 69.0 Å². The molecule has 4 heterocycles. The first kappa shape index (κ1) is 27.6. The van der Waals surface area contributed by atoms with Gasteiger partial charge in [0.05, 0.1) is 23.9 Å². The summed E-state index contributed by atoms with van der Waals surface area (Å²) < 4.78 is 7.27. The molecule has 40 heavy (non-hydrogen) atoms. The van der Waals surface area contributed by atoms with Crippen LogP contribution in [-0.4, -0.2) is 80.7 Å². The molecule has 2 aliphatic heterocycles. The summed E-state index contributed by atoms with van der Waals surface area (Å²) in [7, 11) is 0. The SMILES string of the molecule is Cc1ccc(CN2C(=O)CCN(c3cnn4ccc(CN5CCN(C(=O)OC(C)(C)C)CC5)cc34)C2=O)cc1C. The van der Waals surface area contributed by atoms with Crippen molar-refractivity contribution in [2.45, 2.75) is 59.7 Å². The zero-order valence-electron chi connectivity index (χ0n) is 24.0.